The van der Waals surface area contributed by atoms with E-state index in [0.29, 0.717) is 13.1 Å². The molecule has 2 rings (SSSR count). The fourth-order valence-electron chi connectivity index (χ4n) is 1.57. The van der Waals surface area contributed by atoms with E-state index in [9.17, 15) is 8.42 Å². The second kappa shape index (κ2) is 3.07. The average molecular weight is 212 g/mol. The molecule has 1 heterocycles. The van der Waals surface area contributed by atoms with E-state index in [1.807, 2.05) is 12.2 Å². The maximum atomic E-state index is 11.8. The summed E-state index contributed by atoms with van der Waals surface area (Å²) in [6.45, 7) is 0.924. The third kappa shape index (κ3) is 1.68. The highest BCUT2D eigenvalue weighted by molar-refractivity contribution is 7.89. The van der Waals surface area contributed by atoms with Gasteiger partial charge in [0.15, 0.2) is 0 Å². The minimum atomic E-state index is -3.22. The predicted octanol–water partition coefficient (Wildman–Crippen LogP) is 0.492. The van der Waals surface area contributed by atoms with Crippen molar-refractivity contribution >= 4 is 10.0 Å². The summed E-state index contributed by atoms with van der Waals surface area (Å²) in [7, 11) is -3.22. The van der Waals surface area contributed by atoms with Gasteiger partial charge in [-0.2, -0.15) is 9.57 Å². The van der Waals surface area contributed by atoms with Crippen LogP contribution in [0.25, 0.3) is 0 Å². The zero-order valence-electron chi connectivity index (χ0n) is 7.81. The fourth-order valence-corrected chi connectivity index (χ4v) is 3.43. The van der Waals surface area contributed by atoms with Crippen LogP contribution in [0.1, 0.15) is 12.8 Å². The highest BCUT2D eigenvalue weighted by Crippen LogP contribution is 2.46. The van der Waals surface area contributed by atoms with Crippen molar-refractivity contribution in [1.29, 1.82) is 5.26 Å². The van der Waals surface area contributed by atoms with Gasteiger partial charge in [-0.15, -0.1) is 0 Å². The molecule has 0 unspecified atom stereocenters. The first kappa shape index (κ1) is 9.69. The van der Waals surface area contributed by atoms with E-state index in [1.165, 1.54) is 4.31 Å². The van der Waals surface area contributed by atoms with Crippen molar-refractivity contribution in [3.8, 4) is 6.07 Å². The zero-order valence-corrected chi connectivity index (χ0v) is 8.63. The first-order valence-electron chi connectivity index (χ1n) is 4.62. The van der Waals surface area contributed by atoms with Crippen LogP contribution in [0.5, 0.6) is 0 Å². The maximum absolute atomic E-state index is 11.8. The highest BCUT2D eigenvalue weighted by atomic mass is 32.2. The van der Waals surface area contributed by atoms with Crippen LogP contribution in [0.15, 0.2) is 12.2 Å². The molecule has 1 saturated carbocycles. The molecule has 0 N–H and O–H groups in total. The summed E-state index contributed by atoms with van der Waals surface area (Å²) in [6.07, 6.45) is 5.13. The van der Waals surface area contributed by atoms with Crippen molar-refractivity contribution in [2.24, 2.45) is 5.41 Å². The molecule has 0 bridgehead atoms. The van der Waals surface area contributed by atoms with Gasteiger partial charge in [0.1, 0.15) is 0 Å². The lowest BCUT2D eigenvalue weighted by Gasteiger charge is -2.16. The van der Waals surface area contributed by atoms with Gasteiger partial charge in [-0.1, -0.05) is 12.2 Å². The first-order chi connectivity index (χ1) is 6.58. The molecule has 1 aliphatic heterocycles. The van der Waals surface area contributed by atoms with Gasteiger partial charge in [0.2, 0.25) is 10.0 Å². The standard InChI is InChI=1S/C9H12N2O2S/c10-7-9(3-4-9)8-14(12,13)11-5-1-2-6-11/h1-2H,3-6,8H2. The fraction of sp³-hybridized carbons (Fsp3) is 0.667. The van der Waals surface area contributed by atoms with Crippen LogP contribution in [0.3, 0.4) is 0 Å². The van der Waals surface area contributed by atoms with E-state index in [-0.39, 0.29) is 5.75 Å². The van der Waals surface area contributed by atoms with Crippen molar-refractivity contribution in [2.75, 3.05) is 18.8 Å². The van der Waals surface area contributed by atoms with Crippen molar-refractivity contribution in [3.63, 3.8) is 0 Å². The Kier molecular flexibility index (Phi) is 2.13. The molecule has 0 atom stereocenters. The van der Waals surface area contributed by atoms with Gasteiger partial charge in [0.25, 0.3) is 0 Å². The summed E-state index contributed by atoms with van der Waals surface area (Å²) in [6, 6.07) is 2.11. The Morgan fingerprint density at radius 1 is 1.36 bits per heavy atom. The van der Waals surface area contributed by atoms with Crippen molar-refractivity contribution in [2.45, 2.75) is 12.8 Å². The van der Waals surface area contributed by atoms with Gasteiger partial charge in [0.05, 0.1) is 17.2 Å². The number of rotatable bonds is 3. The molecule has 0 saturated heterocycles. The Labute approximate surface area is 83.9 Å². The van der Waals surface area contributed by atoms with Gasteiger partial charge in [-0.25, -0.2) is 8.42 Å². The Morgan fingerprint density at radius 3 is 2.36 bits per heavy atom. The lowest BCUT2D eigenvalue weighted by atomic mass is 10.2. The molecule has 0 amide bonds. The molecule has 4 nitrogen and oxygen atoms in total. The summed E-state index contributed by atoms with van der Waals surface area (Å²) in [5.74, 6) is -0.00181. The third-order valence-electron chi connectivity index (χ3n) is 2.73. The number of hydrogen-bond acceptors (Lipinski definition) is 3. The van der Waals surface area contributed by atoms with Gasteiger partial charge >= 0.3 is 0 Å². The van der Waals surface area contributed by atoms with E-state index in [0.717, 1.165) is 12.8 Å². The second-order valence-electron chi connectivity index (χ2n) is 3.94. The van der Waals surface area contributed by atoms with Gasteiger partial charge in [0, 0.05) is 13.1 Å². The van der Waals surface area contributed by atoms with Crippen molar-refractivity contribution in [3.05, 3.63) is 12.2 Å². The van der Waals surface area contributed by atoms with Gasteiger partial charge in [-0.05, 0) is 12.8 Å². The molecule has 0 aromatic carbocycles. The van der Waals surface area contributed by atoms with Gasteiger partial charge < -0.3 is 0 Å². The smallest absolute Gasteiger partial charge is 0.212 e. The molecule has 0 aromatic heterocycles. The number of hydrogen-bond donors (Lipinski definition) is 0. The second-order valence-corrected chi connectivity index (χ2v) is 5.91. The van der Waals surface area contributed by atoms with Crippen molar-refractivity contribution < 1.29 is 8.42 Å². The zero-order chi connectivity index (χ0) is 10.2. The monoisotopic (exact) mass is 212 g/mol. The third-order valence-corrected chi connectivity index (χ3v) is 4.73. The minimum Gasteiger partial charge on any atom is -0.212 e. The topological polar surface area (TPSA) is 61.2 Å². The van der Waals surface area contributed by atoms with Crippen LogP contribution in [0.4, 0.5) is 0 Å². The van der Waals surface area contributed by atoms with Crippen LogP contribution >= 0.6 is 0 Å². The van der Waals surface area contributed by atoms with Crippen LogP contribution in [0, 0.1) is 16.7 Å². The molecular weight excluding hydrogens is 200 g/mol. The SMILES string of the molecule is N#CC1(CS(=O)(=O)N2CC=CC2)CC1. The Balaban J connectivity index is 2.07. The van der Waals surface area contributed by atoms with Crippen LogP contribution < -0.4 is 0 Å². The molecule has 1 fully saturated rings. The Hall–Kier alpha value is -0.860. The summed E-state index contributed by atoms with van der Waals surface area (Å²) in [4.78, 5) is 0. The van der Waals surface area contributed by atoms with Crippen molar-refractivity contribution in [1.82, 2.24) is 4.31 Å². The summed E-state index contributed by atoms with van der Waals surface area (Å²) in [5.41, 5.74) is -0.568. The predicted molar refractivity (Wildman–Crippen MR) is 51.8 cm³/mol. The quantitative estimate of drug-likeness (QED) is 0.640. The molecule has 0 aromatic rings. The normalized spacial score (nSPS) is 24.8. The highest BCUT2D eigenvalue weighted by Gasteiger charge is 2.48. The Morgan fingerprint density at radius 2 is 1.93 bits per heavy atom. The number of nitriles is 1. The largest absolute Gasteiger partial charge is 0.216 e. The van der Waals surface area contributed by atoms with E-state index in [4.69, 9.17) is 5.26 Å². The van der Waals surface area contributed by atoms with Crippen LogP contribution in [0.2, 0.25) is 0 Å². The van der Waals surface area contributed by atoms with Gasteiger partial charge in [-0.3, -0.25) is 0 Å². The molecule has 5 heteroatoms. The minimum absolute atomic E-state index is 0.00181. The lowest BCUT2D eigenvalue weighted by molar-refractivity contribution is 0.480. The molecule has 14 heavy (non-hydrogen) atoms. The summed E-state index contributed by atoms with van der Waals surface area (Å²) < 4.78 is 25.0. The van der Waals surface area contributed by atoms with E-state index in [2.05, 4.69) is 6.07 Å². The molecule has 2 aliphatic rings. The molecule has 0 spiro atoms. The van der Waals surface area contributed by atoms with Crippen LogP contribution in [-0.2, 0) is 10.0 Å². The lowest BCUT2D eigenvalue weighted by Crippen LogP contribution is -2.33. The molecular formula is C9H12N2O2S. The summed E-state index contributed by atoms with van der Waals surface area (Å²) >= 11 is 0. The van der Waals surface area contributed by atoms with Crippen LogP contribution in [-0.4, -0.2) is 31.6 Å². The molecule has 1 aliphatic carbocycles. The molecule has 0 radical (unpaired) electrons. The van der Waals surface area contributed by atoms with E-state index in [1.54, 1.807) is 0 Å². The number of nitrogens with zero attached hydrogens (tertiary/aromatic N) is 2. The Bertz CT molecular complexity index is 393. The first-order valence-corrected chi connectivity index (χ1v) is 6.23. The average Bonchev–Trinajstić information content (AvgIpc) is 2.70. The maximum Gasteiger partial charge on any atom is 0.216 e. The number of sulfonamides is 1. The summed E-state index contributed by atoms with van der Waals surface area (Å²) in [5, 5.41) is 8.81. The van der Waals surface area contributed by atoms with E-state index >= 15 is 0 Å². The van der Waals surface area contributed by atoms with E-state index < -0.39 is 15.4 Å². The molecule has 76 valence electrons.